The maximum atomic E-state index is 10.9. The van der Waals surface area contributed by atoms with E-state index in [-0.39, 0.29) is 31.0 Å². The molecule has 0 saturated heterocycles. The number of aromatic carboxylic acids is 1. The molecule has 0 atom stereocenters. The van der Waals surface area contributed by atoms with Gasteiger partial charge in [-0.15, -0.1) is 0 Å². The summed E-state index contributed by atoms with van der Waals surface area (Å²) in [5.74, 6) is -0.868. The summed E-state index contributed by atoms with van der Waals surface area (Å²) in [5.41, 5.74) is 1.36. The first-order valence-electron chi connectivity index (χ1n) is 12.6. The Bertz CT molecular complexity index is 567. The molecule has 2 N–H and O–H groups in total. The maximum absolute atomic E-state index is 10.9. The van der Waals surface area contributed by atoms with Gasteiger partial charge in [0.2, 0.25) is 0 Å². The molecule has 5 heteroatoms. The minimum absolute atomic E-state index is 0. The van der Waals surface area contributed by atoms with Crippen LogP contribution >= 0.6 is 0 Å². The average molecular weight is 458 g/mol. The molecule has 3 nitrogen and oxygen atoms in total. The molecule has 0 amide bonds. The predicted octanol–water partition coefficient (Wildman–Crippen LogP) is 5.71. The first kappa shape index (κ1) is 30.7. The Labute approximate surface area is 217 Å². The number of hydrogen-bond donors (Lipinski definition) is 2. The minimum atomic E-state index is -1.04. The van der Waals surface area contributed by atoms with E-state index in [4.69, 9.17) is 5.11 Å². The maximum Gasteiger partial charge on any atom is 1.00 e. The molecule has 0 aromatic heterocycles. The van der Waals surface area contributed by atoms with E-state index in [1.807, 2.05) is 12.1 Å². The zero-order chi connectivity index (χ0) is 22.1. The molecule has 31 heavy (non-hydrogen) atoms. The fourth-order valence-corrected chi connectivity index (χ4v) is 8.65. The van der Waals surface area contributed by atoms with Crippen molar-refractivity contribution < 1.29 is 40.9 Å². The van der Waals surface area contributed by atoms with E-state index in [0.717, 1.165) is 12.2 Å². The van der Waals surface area contributed by atoms with E-state index in [1.54, 1.807) is 18.2 Å². The molecule has 1 aromatic rings. The molecule has 0 radical (unpaired) electrons. The van der Waals surface area contributed by atoms with Crippen molar-refractivity contribution in [2.45, 2.75) is 116 Å². The molecular weight excluding hydrogens is 409 g/mol. The van der Waals surface area contributed by atoms with Crippen LogP contribution in [0.15, 0.2) is 24.3 Å². The molecule has 1 aromatic carbocycles. The van der Waals surface area contributed by atoms with E-state index < -0.39 is 14.0 Å². The van der Waals surface area contributed by atoms with E-state index in [1.165, 1.54) is 88.8 Å². The number of rotatable bonds is 19. The van der Waals surface area contributed by atoms with E-state index in [2.05, 4.69) is 26.1 Å². The number of hydrogen-bond acceptors (Lipinski definition) is 2. The molecule has 0 aliphatic carbocycles. The zero-order valence-corrected chi connectivity index (χ0v) is 24.0. The molecular formula is C26H48NNaO2Si. The molecule has 0 spiro atoms. The van der Waals surface area contributed by atoms with Gasteiger partial charge in [-0.2, -0.15) is 0 Å². The van der Waals surface area contributed by atoms with Gasteiger partial charge in [-0.1, -0.05) is 109 Å². The van der Waals surface area contributed by atoms with Crippen LogP contribution in [-0.4, -0.2) is 25.7 Å². The van der Waals surface area contributed by atoms with Gasteiger partial charge in [0.25, 0.3) is 0 Å². The van der Waals surface area contributed by atoms with Crippen molar-refractivity contribution in [3.63, 3.8) is 0 Å². The first-order valence-corrected chi connectivity index (χ1v) is 15.5. The molecule has 174 valence electrons. The van der Waals surface area contributed by atoms with Crippen molar-refractivity contribution in [3.8, 4) is 0 Å². The number of unbranched alkanes of at least 4 members (excludes halogenated alkanes) is 9. The van der Waals surface area contributed by atoms with Gasteiger partial charge in [0.15, 0.2) is 0 Å². The summed E-state index contributed by atoms with van der Waals surface area (Å²) in [6, 6.07) is 13.0. The number of carboxylic acids is 1. The Kier molecular flexibility index (Phi) is 19.0. The van der Waals surface area contributed by atoms with Gasteiger partial charge in [0.1, 0.15) is 0 Å². The van der Waals surface area contributed by atoms with Crippen LogP contribution < -0.4 is 34.9 Å². The monoisotopic (exact) mass is 457 g/mol. The van der Waals surface area contributed by atoms with Crippen LogP contribution in [0, 0.1) is 0 Å². The van der Waals surface area contributed by atoms with Gasteiger partial charge < -0.3 is 11.8 Å². The van der Waals surface area contributed by atoms with Gasteiger partial charge in [-0.3, -0.25) is 0 Å². The molecule has 0 aliphatic heterocycles. The van der Waals surface area contributed by atoms with Gasteiger partial charge >= 0.3 is 35.5 Å². The number of carboxylic acid groups (broad SMARTS) is 1. The normalized spacial score (nSPS) is 11.2. The zero-order valence-electron chi connectivity index (χ0n) is 22.0. The Balaban J connectivity index is 0. The molecule has 0 unspecified atom stereocenters. The molecule has 1 rings (SSSR count). The van der Waals surface area contributed by atoms with Crippen LogP contribution in [0.25, 0.3) is 0 Å². The fourth-order valence-electron chi connectivity index (χ4n) is 4.48. The van der Waals surface area contributed by atoms with E-state index in [0.29, 0.717) is 5.56 Å². The second kappa shape index (κ2) is 19.2. The smallest absolute Gasteiger partial charge is 1.00 e. The number of benzene rings is 1. The van der Waals surface area contributed by atoms with E-state index in [9.17, 15) is 4.79 Å². The van der Waals surface area contributed by atoms with Gasteiger partial charge in [-0.25, -0.2) is 4.79 Å². The quantitative estimate of drug-likeness (QED) is 0.206. The third-order valence-corrected chi connectivity index (χ3v) is 12.7. The van der Waals surface area contributed by atoms with Gasteiger partial charge in [0, 0.05) is 12.2 Å². The van der Waals surface area contributed by atoms with Crippen LogP contribution in [-0.2, 0) is 0 Å². The SMILES string of the molecule is CCCCCCCCCC[Si](CC)(CC)CCCCCNc1ccc(C(=O)O)cc1.[H-].[Na+]. The van der Waals surface area contributed by atoms with Crippen LogP contribution in [0.3, 0.4) is 0 Å². The topological polar surface area (TPSA) is 49.3 Å². The van der Waals surface area contributed by atoms with Crippen LogP contribution in [0.2, 0.25) is 24.2 Å². The summed E-state index contributed by atoms with van der Waals surface area (Å²) in [6.07, 6.45) is 15.3. The fraction of sp³-hybridized carbons (Fsp3) is 0.731. The summed E-state index contributed by atoms with van der Waals surface area (Å²) >= 11 is 0. The van der Waals surface area contributed by atoms with Crippen LogP contribution in [0.4, 0.5) is 5.69 Å². The van der Waals surface area contributed by atoms with Crippen molar-refractivity contribution in [1.82, 2.24) is 0 Å². The Hall–Kier alpha value is -0.293. The summed E-state index contributed by atoms with van der Waals surface area (Å²) in [7, 11) is -1.04. The molecule has 0 bridgehead atoms. The third kappa shape index (κ3) is 13.8. The number of anilines is 1. The van der Waals surface area contributed by atoms with Crippen molar-refractivity contribution in [1.29, 1.82) is 0 Å². The Morgan fingerprint density at radius 1 is 0.806 bits per heavy atom. The summed E-state index contributed by atoms with van der Waals surface area (Å²) in [5, 5.41) is 12.4. The molecule has 0 fully saturated rings. The van der Waals surface area contributed by atoms with E-state index >= 15 is 0 Å². The number of nitrogens with one attached hydrogen (secondary N) is 1. The number of carbonyl (C=O) groups is 1. The van der Waals surface area contributed by atoms with Crippen molar-refractivity contribution in [2.24, 2.45) is 0 Å². The standard InChI is InChI=1S/C26H47NO2Si.Na.H/c1-4-7-8-9-10-11-12-15-22-30(5-2,6-3)23-16-13-14-21-27-25-19-17-24(18-20-25)26(28)29;;/h17-20,27H,4-16,21-23H2,1-3H3,(H,28,29);;/q;+1;-1. The summed E-state index contributed by atoms with van der Waals surface area (Å²) in [6.45, 7) is 8.15. The van der Waals surface area contributed by atoms with Crippen molar-refractivity contribution in [3.05, 3.63) is 29.8 Å². The minimum Gasteiger partial charge on any atom is -1.00 e. The predicted molar refractivity (Wildman–Crippen MR) is 136 cm³/mol. The first-order chi connectivity index (χ1) is 14.6. The molecule has 0 aliphatic rings. The average Bonchev–Trinajstić information content (AvgIpc) is 2.77. The molecule has 0 heterocycles. The van der Waals surface area contributed by atoms with Crippen LogP contribution in [0.5, 0.6) is 0 Å². The van der Waals surface area contributed by atoms with Crippen LogP contribution in [0.1, 0.15) is 103 Å². The third-order valence-electron chi connectivity index (χ3n) is 6.91. The Morgan fingerprint density at radius 2 is 1.29 bits per heavy atom. The summed E-state index contributed by atoms with van der Waals surface area (Å²) in [4.78, 5) is 10.9. The van der Waals surface area contributed by atoms with Gasteiger partial charge in [0.05, 0.1) is 13.6 Å². The summed E-state index contributed by atoms with van der Waals surface area (Å²) < 4.78 is 0. The second-order valence-corrected chi connectivity index (χ2v) is 14.5. The van der Waals surface area contributed by atoms with Crippen molar-refractivity contribution >= 4 is 19.7 Å². The second-order valence-electron chi connectivity index (χ2n) is 9.05. The molecule has 0 saturated carbocycles. The largest absolute Gasteiger partial charge is 1.00 e. The van der Waals surface area contributed by atoms with Crippen molar-refractivity contribution in [2.75, 3.05) is 11.9 Å². The Morgan fingerprint density at radius 3 is 1.77 bits per heavy atom. The van der Waals surface area contributed by atoms with Gasteiger partial charge in [-0.05, 0) is 30.7 Å².